The van der Waals surface area contributed by atoms with Crippen LogP contribution < -0.4 is 0 Å². The first-order valence-corrected chi connectivity index (χ1v) is 7.38. The topological polar surface area (TPSA) is 38.7 Å². The highest BCUT2D eigenvalue weighted by Crippen LogP contribution is 2.27. The highest BCUT2D eigenvalue weighted by molar-refractivity contribution is 9.08. The number of hydrogen-bond donors (Lipinski definition) is 0. The van der Waals surface area contributed by atoms with Crippen molar-refractivity contribution < 1.29 is 0 Å². The van der Waals surface area contributed by atoms with Crippen molar-refractivity contribution in [2.75, 3.05) is 0 Å². The summed E-state index contributed by atoms with van der Waals surface area (Å²) in [4.78, 5) is 13.3. The fraction of sp³-hybridized carbons (Fsp3) is 0.0625. The van der Waals surface area contributed by atoms with Gasteiger partial charge < -0.3 is 0 Å². The summed E-state index contributed by atoms with van der Waals surface area (Å²) in [5.41, 5.74) is 4.75. The van der Waals surface area contributed by atoms with Crippen LogP contribution in [0, 0.1) is 0 Å². The van der Waals surface area contributed by atoms with Gasteiger partial charge in [-0.3, -0.25) is 15.0 Å². The molecular formula is C16H12BrN3. The number of nitrogens with zero attached hydrogens (tertiary/aromatic N) is 3. The Balaban J connectivity index is 2.10. The van der Waals surface area contributed by atoms with Crippen molar-refractivity contribution in [2.24, 2.45) is 0 Å². The first kappa shape index (κ1) is 12.9. The average Bonchev–Trinajstić information content (AvgIpc) is 2.56. The molecule has 0 N–H and O–H groups in total. The first-order chi connectivity index (χ1) is 9.88. The van der Waals surface area contributed by atoms with Gasteiger partial charge in [0, 0.05) is 29.5 Å². The van der Waals surface area contributed by atoms with Crippen LogP contribution in [0.4, 0.5) is 0 Å². The summed E-state index contributed by atoms with van der Waals surface area (Å²) >= 11 is 3.42. The monoisotopic (exact) mass is 325 g/mol. The summed E-state index contributed by atoms with van der Waals surface area (Å²) in [6, 6.07) is 13.8. The van der Waals surface area contributed by atoms with Gasteiger partial charge in [0.25, 0.3) is 0 Å². The summed E-state index contributed by atoms with van der Waals surface area (Å²) < 4.78 is 0. The Hall–Kier alpha value is -2.07. The Morgan fingerprint density at radius 1 is 0.800 bits per heavy atom. The van der Waals surface area contributed by atoms with E-state index in [0.717, 1.165) is 33.5 Å². The van der Waals surface area contributed by atoms with Gasteiger partial charge in [0.15, 0.2) is 0 Å². The normalized spacial score (nSPS) is 10.4. The lowest BCUT2D eigenvalue weighted by Gasteiger charge is -2.07. The van der Waals surface area contributed by atoms with Gasteiger partial charge in [-0.05, 0) is 35.9 Å². The summed E-state index contributed by atoms with van der Waals surface area (Å²) in [6.45, 7) is 0. The average molecular weight is 326 g/mol. The van der Waals surface area contributed by atoms with Gasteiger partial charge in [0.1, 0.15) is 0 Å². The minimum Gasteiger partial charge on any atom is -0.256 e. The second kappa shape index (κ2) is 5.92. The zero-order valence-corrected chi connectivity index (χ0v) is 12.3. The van der Waals surface area contributed by atoms with Crippen molar-refractivity contribution in [1.82, 2.24) is 15.0 Å². The molecule has 3 rings (SSSR count). The Morgan fingerprint density at radius 3 is 2.40 bits per heavy atom. The van der Waals surface area contributed by atoms with Crippen molar-refractivity contribution in [3.63, 3.8) is 0 Å². The van der Waals surface area contributed by atoms with E-state index < -0.39 is 0 Å². The lowest BCUT2D eigenvalue weighted by atomic mass is 10.1. The number of aromatic nitrogens is 3. The molecule has 0 unspecified atom stereocenters. The minimum atomic E-state index is 0.801. The molecule has 0 radical (unpaired) electrons. The van der Waals surface area contributed by atoms with Gasteiger partial charge >= 0.3 is 0 Å². The molecule has 20 heavy (non-hydrogen) atoms. The molecule has 0 amide bonds. The Bertz CT molecular complexity index is 696. The molecule has 0 atom stereocenters. The fourth-order valence-corrected chi connectivity index (χ4v) is 2.31. The van der Waals surface area contributed by atoms with E-state index in [1.54, 1.807) is 12.4 Å². The molecule has 0 aliphatic carbocycles. The van der Waals surface area contributed by atoms with Crippen LogP contribution in [0.3, 0.4) is 0 Å². The van der Waals surface area contributed by atoms with E-state index in [1.807, 2.05) is 48.7 Å². The van der Waals surface area contributed by atoms with Crippen molar-refractivity contribution in [2.45, 2.75) is 5.33 Å². The Labute approximate surface area is 125 Å². The second-order valence-electron chi connectivity index (χ2n) is 4.30. The van der Waals surface area contributed by atoms with Crippen LogP contribution in [-0.4, -0.2) is 15.0 Å². The molecule has 3 aromatic heterocycles. The molecule has 0 bridgehead atoms. The van der Waals surface area contributed by atoms with Crippen LogP contribution in [0.2, 0.25) is 0 Å². The van der Waals surface area contributed by atoms with Crippen molar-refractivity contribution in [1.29, 1.82) is 0 Å². The van der Waals surface area contributed by atoms with Crippen molar-refractivity contribution in [3.8, 4) is 22.6 Å². The summed E-state index contributed by atoms with van der Waals surface area (Å²) in [5, 5.41) is 0.801. The maximum absolute atomic E-state index is 4.49. The van der Waals surface area contributed by atoms with E-state index in [2.05, 4.69) is 30.9 Å². The smallest absolute Gasteiger partial charge is 0.0980 e. The van der Waals surface area contributed by atoms with Crippen LogP contribution in [0.5, 0.6) is 0 Å². The van der Waals surface area contributed by atoms with E-state index in [9.17, 15) is 0 Å². The molecule has 0 saturated carbocycles. The standard InChI is InChI=1S/C16H12BrN3/c17-10-12-6-7-15(20-11-12)16-13(4-3-9-19-16)14-5-1-2-8-18-14/h1-9,11H,10H2. The fourth-order valence-electron chi connectivity index (χ4n) is 1.98. The summed E-state index contributed by atoms with van der Waals surface area (Å²) in [7, 11) is 0. The zero-order valence-electron chi connectivity index (χ0n) is 10.7. The Morgan fingerprint density at radius 2 is 1.70 bits per heavy atom. The quantitative estimate of drug-likeness (QED) is 0.680. The number of pyridine rings is 3. The maximum Gasteiger partial charge on any atom is 0.0980 e. The van der Waals surface area contributed by atoms with Crippen LogP contribution in [0.1, 0.15) is 5.56 Å². The lowest BCUT2D eigenvalue weighted by Crippen LogP contribution is -1.93. The van der Waals surface area contributed by atoms with Crippen LogP contribution in [-0.2, 0) is 5.33 Å². The molecule has 0 fully saturated rings. The van der Waals surface area contributed by atoms with Gasteiger partial charge in [0.2, 0.25) is 0 Å². The first-order valence-electron chi connectivity index (χ1n) is 6.26. The molecular weight excluding hydrogens is 314 g/mol. The summed E-state index contributed by atoms with van der Waals surface area (Å²) in [5.74, 6) is 0. The van der Waals surface area contributed by atoms with E-state index in [1.165, 1.54) is 0 Å². The molecule has 3 nitrogen and oxygen atoms in total. The Kier molecular flexibility index (Phi) is 3.83. The van der Waals surface area contributed by atoms with Gasteiger partial charge in [-0.1, -0.05) is 28.1 Å². The highest BCUT2D eigenvalue weighted by Gasteiger charge is 2.10. The minimum absolute atomic E-state index is 0.801. The van der Waals surface area contributed by atoms with E-state index in [4.69, 9.17) is 0 Å². The zero-order chi connectivity index (χ0) is 13.8. The van der Waals surface area contributed by atoms with Gasteiger partial charge in [-0.15, -0.1) is 0 Å². The second-order valence-corrected chi connectivity index (χ2v) is 4.86. The predicted molar refractivity (Wildman–Crippen MR) is 83.3 cm³/mol. The van der Waals surface area contributed by atoms with E-state index in [0.29, 0.717) is 0 Å². The summed E-state index contributed by atoms with van der Waals surface area (Å²) in [6.07, 6.45) is 5.43. The number of hydrogen-bond acceptors (Lipinski definition) is 3. The largest absolute Gasteiger partial charge is 0.256 e. The predicted octanol–water partition coefficient (Wildman–Crippen LogP) is 4.10. The van der Waals surface area contributed by atoms with Crippen LogP contribution >= 0.6 is 15.9 Å². The maximum atomic E-state index is 4.49. The molecule has 0 aliphatic rings. The van der Waals surface area contributed by atoms with E-state index >= 15 is 0 Å². The molecule has 0 saturated heterocycles. The molecule has 3 aromatic rings. The van der Waals surface area contributed by atoms with E-state index in [-0.39, 0.29) is 0 Å². The molecule has 0 spiro atoms. The number of alkyl halides is 1. The number of rotatable bonds is 3. The molecule has 98 valence electrons. The molecule has 3 heterocycles. The van der Waals surface area contributed by atoms with Crippen LogP contribution in [0.15, 0.2) is 61.1 Å². The SMILES string of the molecule is BrCc1ccc(-c2ncccc2-c2ccccn2)nc1. The van der Waals surface area contributed by atoms with Gasteiger partial charge in [0.05, 0.1) is 17.1 Å². The third kappa shape index (κ3) is 2.60. The molecule has 0 aromatic carbocycles. The third-order valence-electron chi connectivity index (χ3n) is 2.97. The van der Waals surface area contributed by atoms with Crippen molar-refractivity contribution in [3.05, 3.63) is 66.6 Å². The number of halogens is 1. The van der Waals surface area contributed by atoms with Crippen molar-refractivity contribution >= 4 is 15.9 Å². The van der Waals surface area contributed by atoms with Crippen LogP contribution in [0.25, 0.3) is 22.6 Å². The third-order valence-corrected chi connectivity index (χ3v) is 3.62. The van der Waals surface area contributed by atoms with Gasteiger partial charge in [-0.25, -0.2) is 0 Å². The highest BCUT2D eigenvalue weighted by atomic mass is 79.9. The van der Waals surface area contributed by atoms with Gasteiger partial charge in [-0.2, -0.15) is 0 Å². The molecule has 0 aliphatic heterocycles. The lowest BCUT2D eigenvalue weighted by molar-refractivity contribution is 1.21. The molecule has 4 heteroatoms.